The van der Waals surface area contributed by atoms with Gasteiger partial charge in [-0.1, -0.05) is 46.3 Å². The maximum Gasteiger partial charge on any atom is 0.122 e. The third-order valence-electron chi connectivity index (χ3n) is 3.07. The average molecular weight is 320 g/mol. The van der Waals surface area contributed by atoms with E-state index in [-0.39, 0.29) is 6.04 Å². The molecule has 19 heavy (non-hydrogen) atoms. The van der Waals surface area contributed by atoms with Crippen LogP contribution >= 0.6 is 15.9 Å². The summed E-state index contributed by atoms with van der Waals surface area (Å²) < 4.78 is 6.94. The lowest BCUT2D eigenvalue weighted by molar-refractivity contribution is 0.303. The van der Waals surface area contributed by atoms with Crippen LogP contribution < -0.4 is 10.5 Å². The zero-order valence-corrected chi connectivity index (χ0v) is 12.8. The second-order valence-electron chi connectivity index (χ2n) is 4.69. The minimum atomic E-state index is 0.0519. The van der Waals surface area contributed by atoms with Gasteiger partial charge >= 0.3 is 0 Å². The van der Waals surface area contributed by atoms with Crippen molar-refractivity contribution in [2.24, 2.45) is 5.73 Å². The van der Waals surface area contributed by atoms with Crippen LogP contribution in [0.1, 0.15) is 29.7 Å². The van der Waals surface area contributed by atoms with Gasteiger partial charge in [-0.3, -0.25) is 0 Å². The number of rotatable bonds is 4. The lowest BCUT2D eigenvalue weighted by Gasteiger charge is -2.13. The molecule has 0 fully saturated rings. The van der Waals surface area contributed by atoms with E-state index < -0.39 is 0 Å². The molecule has 0 aliphatic rings. The number of hydrogen-bond acceptors (Lipinski definition) is 2. The van der Waals surface area contributed by atoms with Gasteiger partial charge < -0.3 is 10.5 Å². The molecule has 0 bridgehead atoms. The Morgan fingerprint density at radius 1 is 1.21 bits per heavy atom. The normalized spacial score (nSPS) is 12.2. The lowest BCUT2D eigenvalue weighted by Crippen LogP contribution is -2.05. The van der Waals surface area contributed by atoms with Crippen LogP contribution in [-0.2, 0) is 6.61 Å². The number of ether oxygens (including phenoxy) is 1. The fourth-order valence-electron chi connectivity index (χ4n) is 1.89. The molecule has 0 aromatic heterocycles. The fourth-order valence-corrected chi connectivity index (χ4v) is 2.29. The molecular weight excluding hydrogens is 302 g/mol. The number of halogens is 1. The number of hydrogen-bond donors (Lipinski definition) is 1. The SMILES string of the molecule is Cc1cc([C@@H](C)N)ccc1OCc1ccccc1Br. The Balaban J connectivity index is 2.10. The second-order valence-corrected chi connectivity index (χ2v) is 5.55. The molecular formula is C16H18BrNO. The van der Waals surface area contributed by atoms with Gasteiger partial charge in [0.05, 0.1) is 0 Å². The zero-order chi connectivity index (χ0) is 13.8. The zero-order valence-electron chi connectivity index (χ0n) is 11.2. The largest absolute Gasteiger partial charge is 0.489 e. The van der Waals surface area contributed by atoms with Crippen LogP contribution in [0.4, 0.5) is 0 Å². The van der Waals surface area contributed by atoms with Gasteiger partial charge in [0.2, 0.25) is 0 Å². The van der Waals surface area contributed by atoms with Gasteiger partial charge in [-0.25, -0.2) is 0 Å². The van der Waals surface area contributed by atoms with Gasteiger partial charge in [0.1, 0.15) is 12.4 Å². The summed E-state index contributed by atoms with van der Waals surface area (Å²) in [5, 5.41) is 0. The molecule has 2 rings (SSSR count). The molecule has 3 heteroatoms. The number of aryl methyl sites for hydroxylation is 1. The van der Waals surface area contributed by atoms with E-state index in [4.69, 9.17) is 10.5 Å². The third-order valence-corrected chi connectivity index (χ3v) is 3.84. The highest BCUT2D eigenvalue weighted by atomic mass is 79.9. The highest BCUT2D eigenvalue weighted by Gasteiger charge is 2.05. The van der Waals surface area contributed by atoms with Gasteiger partial charge in [-0.15, -0.1) is 0 Å². The van der Waals surface area contributed by atoms with Crippen molar-refractivity contribution in [3.63, 3.8) is 0 Å². The van der Waals surface area contributed by atoms with Crippen molar-refractivity contribution in [3.05, 3.63) is 63.6 Å². The van der Waals surface area contributed by atoms with E-state index in [1.54, 1.807) is 0 Å². The number of benzene rings is 2. The van der Waals surface area contributed by atoms with Crippen LogP contribution in [0.5, 0.6) is 5.75 Å². The molecule has 0 aliphatic heterocycles. The molecule has 2 aromatic carbocycles. The summed E-state index contributed by atoms with van der Waals surface area (Å²) in [4.78, 5) is 0. The van der Waals surface area contributed by atoms with E-state index in [0.717, 1.165) is 26.9 Å². The quantitative estimate of drug-likeness (QED) is 0.908. The van der Waals surface area contributed by atoms with Crippen molar-refractivity contribution >= 4 is 15.9 Å². The molecule has 0 saturated heterocycles. The van der Waals surface area contributed by atoms with E-state index in [1.165, 1.54) is 0 Å². The predicted octanol–water partition coefficient (Wildman–Crippen LogP) is 4.36. The van der Waals surface area contributed by atoms with Crippen LogP contribution in [0.25, 0.3) is 0 Å². The minimum absolute atomic E-state index is 0.0519. The van der Waals surface area contributed by atoms with Crippen molar-refractivity contribution in [3.8, 4) is 5.75 Å². The van der Waals surface area contributed by atoms with Gasteiger partial charge in [-0.05, 0) is 37.1 Å². The Morgan fingerprint density at radius 3 is 2.58 bits per heavy atom. The molecule has 2 N–H and O–H groups in total. The predicted molar refractivity (Wildman–Crippen MR) is 82.3 cm³/mol. The topological polar surface area (TPSA) is 35.2 Å². The van der Waals surface area contributed by atoms with Gasteiger partial charge in [0.25, 0.3) is 0 Å². The highest BCUT2D eigenvalue weighted by Crippen LogP contribution is 2.24. The molecule has 0 aliphatic carbocycles. The van der Waals surface area contributed by atoms with Gasteiger partial charge in [0.15, 0.2) is 0 Å². The standard InChI is InChI=1S/C16H18BrNO/c1-11-9-13(12(2)18)7-8-16(11)19-10-14-5-3-4-6-15(14)17/h3-9,12H,10,18H2,1-2H3/t12-/m1/s1. The molecule has 2 nitrogen and oxygen atoms in total. The molecule has 0 heterocycles. The first kappa shape index (κ1) is 14.1. The summed E-state index contributed by atoms with van der Waals surface area (Å²) in [5.41, 5.74) is 9.25. The molecule has 0 unspecified atom stereocenters. The van der Waals surface area contributed by atoms with Crippen molar-refractivity contribution < 1.29 is 4.74 Å². The van der Waals surface area contributed by atoms with Crippen molar-refractivity contribution in [1.29, 1.82) is 0 Å². The molecule has 0 radical (unpaired) electrons. The Hall–Kier alpha value is -1.32. The van der Waals surface area contributed by atoms with E-state index in [2.05, 4.69) is 28.1 Å². The monoisotopic (exact) mass is 319 g/mol. The molecule has 2 aromatic rings. The Labute approximate surface area is 122 Å². The number of nitrogens with two attached hydrogens (primary N) is 1. The van der Waals surface area contributed by atoms with E-state index in [9.17, 15) is 0 Å². The summed E-state index contributed by atoms with van der Waals surface area (Å²) in [6, 6.07) is 14.2. The first-order valence-corrected chi connectivity index (χ1v) is 7.09. The highest BCUT2D eigenvalue weighted by molar-refractivity contribution is 9.10. The average Bonchev–Trinajstić information content (AvgIpc) is 2.39. The summed E-state index contributed by atoms with van der Waals surface area (Å²) in [7, 11) is 0. The van der Waals surface area contributed by atoms with E-state index in [0.29, 0.717) is 6.61 Å². The summed E-state index contributed by atoms with van der Waals surface area (Å²) in [6.45, 7) is 4.58. The second kappa shape index (κ2) is 6.22. The molecule has 1 atom stereocenters. The lowest BCUT2D eigenvalue weighted by atomic mass is 10.1. The van der Waals surface area contributed by atoms with Crippen LogP contribution in [0.3, 0.4) is 0 Å². The molecule has 0 saturated carbocycles. The summed E-state index contributed by atoms with van der Waals surface area (Å²) in [6.07, 6.45) is 0. The van der Waals surface area contributed by atoms with E-state index >= 15 is 0 Å². The maximum atomic E-state index is 5.87. The van der Waals surface area contributed by atoms with Crippen LogP contribution in [0.15, 0.2) is 46.9 Å². The van der Waals surface area contributed by atoms with E-state index in [1.807, 2.05) is 44.2 Å². The molecule has 0 spiro atoms. The van der Waals surface area contributed by atoms with Gasteiger partial charge in [0, 0.05) is 16.1 Å². The third kappa shape index (κ3) is 3.58. The minimum Gasteiger partial charge on any atom is -0.489 e. The fraction of sp³-hybridized carbons (Fsp3) is 0.250. The molecule has 0 amide bonds. The first-order chi connectivity index (χ1) is 9.08. The Bertz CT molecular complexity index is 566. The first-order valence-electron chi connectivity index (χ1n) is 6.30. The van der Waals surface area contributed by atoms with Crippen LogP contribution in [0.2, 0.25) is 0 Å². The van der Waals surface area contributed by atoms with Gasteiger partial charge in [-0.2, -0.15) is 0 Å². The van der Waals surface area contributed by atoms with Crippen molar-refractivity contribution in [1.82, 2.24) is 0 Å². The Kier molecular flexibility index (Phi) is 4.61. The van der Waals surface area contributed by atoms with Crippen LogP contribution in [-0.4, -0.2) is 0 Å². The maximum absolute atomic E-state index is 5.87. The Morgan fingerprint density at radius 2 is 1.95 bits per heavy atom. The smallest absolute Gasteiger partial charge is 0.122 e. The van der Waals surface area contributed by atoms with Crippen molar-refractivity contribution in [2.45, 2.75) is 26.5 Å². The summed E-state index contributed by atoms with van der Waals surface area (Å²) >= 11 is 3.52. The van der Waals surface area contributed by atoms with Crippen molar-refractivity contribution in [2.75, 3.05) is 0 Å². The molecule has 100 valence electrons. The van der Waals surface area contributed by atoms with Crippen LogP contribution in [0, 0.1) is 6.92 Å². The summed E-state index contributed by atoms with van der Waals surface area (Å²) in [5.74, 6) is 0.903.